The van der Waals surface area contributed by atoms with Gasteiger partial charge in [-0.05, 0) is 91.1 Å². The number of amides is 1. The van der Waals surface area contributed by atoms with Gasteiger partial charge in [0.1, 0.15) is 12.0 Å². The number of pyridine rings is 1. The van der Waals surface area contributed by atoms with Crippen LogP contribution in [0.25, 0.3) is 11.1 Å². The quantitative estimate of drug-likeness (QED) is 0.192. The lowest BCUT2D eigenvalue weighted by Crippen LogP contribution is -2.39. The van der Waals surface area contributed by atoms with Crippen molar-refractivity contribution in [3.8, 4) is 11.1 Å². The molecule has 1 fully saturated rings. The number of carbonyl (C=O) groups excluding carboxylic acids is 3. The van der Waals surface area contributed by atoms with Crippen molar-refractivity contribution in [1.29, 1.82) is 0 Å². The Bertz CT molecular complexity index is 1350. The second-order valence-electron chi connectivity index (χ2n) is 9.45. The van der Waals surface area contributed by atoms with Gasteiger partial charge in [-0.1, -0.05) is 24.3 Å². The first-order valence-electron chi connectivity index (χ1n) is 12.9. The Morgan fingerprint density at radius 2 is 1.74 bits per heavy atom. The van der Waals surface area contributed by atoms with Crippen LogP contribution in [0.15, 0.2) is 48.7 Å². The van der Waals surface area contributed by atoms with Gasteiger partial charge in [-0.25, -0.2) is 4.79 Å². The van der Waals surface area contributed by atoms with Crippen molar-refractivity contribution in [3.05, 3.63) is 76.6 Å². The van der Waals surface area contributed by atoms with Crippen LogP contribution >= 0.6 is 0 Å². The van der Waals surface area contributed by atoms with Gasteiger partial charge in [-0.3, -0.25) is 15.1 Å². The largest absolute Gasteiger partial charge is 0.464 e. The molecular weight excluding hydrogens is 480 g/mol. The summed E-state index contributed by atoms with van der Waals surface area (Å²) in [6, 6.07) is 12.8. The summed E-state index contributed by atoms with van der Waals surface area (Å²) < 4.78 is 4.94. The maximum absolute atomic E-state index is 13.3. The van der Waals surface area contributed by atoms with E-state index in [0.29, 0.717) is 17.9 Å². The average molecular weight is 515 g/mol. The van der Waals surface area contributed by atoms with Gasteiger partial charge in [0.2, 0.25) is 0 Å². The molecule has 1 aliphatic carbocycles. The maximum Gasteiger partial charge on any atom is 0.330 e. The lowest BCUT2D eigenvalue weighted by atomic mass is 9.94. The van der Waals surface area contributed by atoms with E-state index in [1.54, 1.807) is 13.1 Å². The summed E-state index contributed by atoms with van der Waals surface area (Å²) in [5.74, 6) is -0.555. The third-order valence-electron chi connectivity index (χ3n) is 6.94. The highest BCUT2D eigenvalue weighted by molar-refractivity contribution is 6.04. The van der Waals surface area contributed by atoms with Crippen LogP contribution in [-0.2, 0) is 20.9 Å². The number of hydrogen-bond donors (Lipinski definition) is 3. The molecule has 0 saturated heterocycles. The minimum atomic E-state index is -1.04. The lowest BCUT2D eigenvalue weighted by Gasteiger charge is -2.17. The third kappa shape index (κ3) is 5.92. The van der Waals surface area contributed by atoms with E-state index >= 15 is 0 Å². The summed E-state index contributed by atoms with van der Waals surface area (Å²) in [6.45, 7) is 6.25. The number of nitrogens with zero attached hydrogens (tertiary/aromatic N) is 1. The van der Waals surface area contributed by atoms with Crippen molar-refractivity contribution in [2.24, 2.45) is 0 Å². The smallest absolute Gasteiger partial charge is 0.330 e. The molecule has 0 radical (unpaired) electrons. The summed E-state index contributed by atoms with van der Waals surface area (Å²) in [7, 11) is 1.90. The first-order valence-corrected chi connectivity index (χ1v) is 12.9. The number of rotatable bonds is 11. The van der Waals surface area contributed by atoms with Gasteiger partial charge in [-0.15, -0.1) is 0 Å². The van der Waals surface area contributed by atoms with Crippen LogP contribution in [0.3, 0.4) is 0 Å². The zero-order valence-electron chi connectivity index (χ0n) is 22.3. The standard InChI is InChI=1S/C30H34N4O4/c1-5-38-30(37)28(17-35)33-16-21-15-32-27(14-24(21)20-12-13-20)29(36)34-26-11-7-9-23(19(26)3)22-8-6-10-25(31-4)18(22)2/h6-11,14-15,17,20,28,31,33H,5,12-13,16H2,1-4H3,(H,34,36). The molecule has 1 aromatic heterocycles. The number of carbonyl (C=O) groups is 3. The molecule has 8 heteroatoms. The van der Waals surface area contributed by atoms with Crippen molar-refractivity contribution in [2.45, 2.75) is 52.1 Å². The van der Waals surface area contributed by atoms with Crippen LogP contribution in [0.4, 0.5) is 11.4 Å². The molecule has 0 spiro atoms. The molecule has 8 nitrogen and oxygen atoms in total. The van der Waals surface area contributed by atoms with Crippen molar-refractivity contribution < 1.29 is 19.1 Å². The van der Waals surface area contributed by atoms with E-state index in [2.05, 4.69) is 40.0 Å². The van der Waals surface area contributed by atoms with Gasteiger partial charge in [0.25, 0.3) is 5.91 Å². The molecule has 1 saturated carbocycles. The predicted molar refractivity (Wildman–Crippen MR) is 148 cm³/mol. The number of nitrogens with one attached hydrogen (secondary N) is 3. The predicted octanol–water partition coefficient (Wildman–Crippen LogP) is 4.76. The third-order valence-corrected chi connectivity index (χ3v) is 6.94. The summed E-state index contributed by atoms with van der Waals surface area (Å²) in [6.07, 6.45) is 4.24. The maximum atomic E-state index is 13.3. The zero-order chi connectivity index (χ0) is 27.2. The molecule has 0 bridgehead atoms. The molecule has 1 atom stereocenters. The molecule has 1 heterocycles. The Morgan fingerprint density at radius 1 is 1.08 bits per heavy atom. The van der Waals surface area contributed by atoms with Crippen molar-refractivity contribution >= 4 is 29.5 Å². The fourth-order valence-corrected chi connectivity index (χ4v) is 4.63. The van der Waals surface area contributed by atoms with Crippen molar-refractivity contribution in [2.75, 3.05) is 24.3 Å². The summed E-state index contributed by atoms with van der Waals surface area (Å²) in [5, 5.41) is 9.20. The number of benzene rings is 2. The summed E-state index contributed by atoms with van der Waals surface area (Å²) in [5.41, 5.74) is 8.25. The molecule has 3 N–H and O–H groups in total. The zero-order valence-corrected chi connectivity index (χ0v) is 22.3. The first kappa shape index (κ1) is 27.0. The van der Waals surface area contributed by atoms with Crippen LogP contribution in [0.2, 0.25) is 0 Å². The average Bonchev–Trinajstić information content (AvgIpc) is 3.76. The Labute approximate surface area is 223 Å². The molecule has 3 aromatic rings. The van der Waals surface area contributed by atoms with Gasteiger partial charge in [0.15, 0.2) is 6.04 Å². The SMILES string of the molecule is CCOC(=O)C(C=O)NCc1cnc(C(=O)Nc2cccc(-c3cccc(NC)c3C)c2C)cc1C1CC1. The second kappa shape index (κ2) is 12.0. The number of aromatic nitrogens is 1. The highest BCUT2D eigenvalue weighted by atomic mass is 16.5. The van der Waals surface area contributed by atoms with Crippen LogP contribution in [-0.4, -0.2) is 42.8 Å². The highest BCUT2D eigenvalue weighted by Crippen LogP contribution is 2.42. The van der Waals surface area contributed by atoms with E-state index in [1.165, 1.54) is 0 Å². The van der Waals surface area contributed by atoms with Crippen molar-refractivity contribution in [1.82, 2.24) is 10.3 Å². The highest BCUT2D eigenvalue weighted by Gasteiger charge is 2.28. The van der Waals surface area contributed by atoms with Crippen LogP contribution in [0.1, 0.15) is 58.4 Å². The van der Waals surface area contributed by atoms with E-state index in [1.807, 2.05) is 44.3 Å². The van der Waals surface area contributed by atoms with Gasteiger partial charge < -0.3 is 20.2 Å². The van der Waals surface area contributed by atoms with Gasteiger partial charge in [0, 0.05) is 31.2 Å². The Morgan fingerprint density at radius 3 is 2.34 bits per heavy atom. The molecular formula is C30H34N4O4. The van der Waals surface area contributed by atoms with Crippen LogP contribution in [0.5, 0.6) is 0 Å². The Hall–Kier alpha value is -4.04. The summed E-state index contributed by atoms with van der Waals surface area (Å²) >= 11 is 0. The van der Waals surface area contributed by atoms with Gasteiger partial charge >= 0.3 is 5.97 Å². The Balaban J connectivity index is 1.54. The van der Waals surface area contributed by atoms with E-state index in [9.17, 15) is 14.4 Å². The van der Waals surface area contributed by atoms with E-state index < -0.39 is 12.0 Å². The normalized spacial score (nSPS) is 13.5. The molecule has 1 aliphatic rings. The second-order valence-corrected chi connectivity index (χ2v) is 9.45. The molecule has 2 aromatic carbocycles. The van der Waals surface area contributed by atoms with Crippen LogP contribution < -0.4 is 16.0 Å². The fraction of sp³-hybridized carbons (Fsp3) is 0.333. The number of ether oxygens (including phenoxy) is 1. The number of anilines is 2. The van der Waals surface area contributed by atoms with E-state index in [-0.39, 0.29) is 19.1 Å². The van der Waals surface area contributed by atoms with Crippen molar-refractivity contribution in [3.63, 3.8) is 0 Å². The molecule has 198 valence electrons. The number of aldehydes is 1. The topological polar surface area (TPSA) is 109 Å². The van der Waals surface area contributed by atoms with Crippen LogP contribution in [0, 0.1) is 13.8 Å². The van der Waals surface area contributed by atoms with Gasteiger partial charge in [0.05, 0.1) is 6.61 Å². The molecule has 1 amide bonds. The van der Waals surface area contributed by atoms with E-state index in [0.717, 1.165) is 57.6 Å². The lowest BCUT2D eigenvalue weighted by molar-refractivity contribution is -0.146. The minimum absolute atomic E-state index is 0.202. The molecule has 0 aliphatic heterocycles. The van der Waals surface area contributed by atoms with E-state index in [4.69, 9.17) is 4.74 Å². The molecule has 1 unspecified atom stereocenters. The number of hydrogen-bond acceptors (Lipinski definition) is 7. The molecule has 38 heavy (non-hydrogen) atoms. The van der Waals surface area contributed by atoms with Gasteiger partial charge in [-0.2, -0.15) is 0 Å². The monoisotopic (exact) mass is 514 g/mol. The molecule has 4 rings (SSSR count). The fourth-order valence-electron chi connectivity index (χ4n) is 4.63. The minimum Gasteiger partial charge on any atom is -0.464 e. The Kier molecular flexibility index (Phi) is 8.53. The summed E-state index contributed by atoms with van der Waals surface area (Å²) in [4.78, 5) is 41.0. The number of esters is 1. The first-order chi connectivity index (χ1) is 18.4.